The molecule has 0 unspecified atom stereocenters. The van der Waals surface area contributed by atoms with Crippen LogP contribution in [-0.2, 0) is 4.74 Å². The summed E-state index contributed by atoms with van der Waals surface area (Å²) in [5, 5.41) is 13.8. The third-order valence-corrected chi connectivity index (χ3v) is 2.76. The van der Waals surface area contributed by atoms with Gasteiger partial charge in [0.05, 0.1) is 11.5 Å². The Morgan fingerprint density at radius 2 is 2.11 bits per heavy atom. The third-order valence-electron chi connectivity index (χ3n) is 2.76. The molecule has 0 saturated carbocycles. The number of nitrogens with zero attached hydrogens (tertiary/aromatic N) is 1. The zero-order valence-electron chi connectivity index (χ0n) is 11.4. The van der Waals surface area contributed by atoms with Crippen molar-refractivity contribution in [2.24, 2.45) is 0 Å². The number of methoxy groups -OCH3 is 1. The lowest BCUT2D eigenvalue weighted by Crippen LogP contribution is -2.21. The van der Waals surface area contributed by atoms with Crippen molar-refractivity contribution in [1.29, 1.82) is 0 Å². The Balaban J connectivity index is 2.61. The normalized spacial score (nSPS) is 11.6. The van der Waals surface area contributed by atoms with E-state index >= 15 is 0 Å². The number of rotatable bonds is 8. The molecule has 0 aromatic heterocycles. The van der Waals surface area contributed by atoms with E-state index < -0.39 is 0 Å². The molecular formula is C14H20N2O3. The molecule has 0 amide bonds. The summed E-state index contributed by atoms with van der Waals surface area (Å²) in [6, 6.07) is 6.58. The lowest BCUT2D eigenvalue weighted by molar-refractivity contribution is -0.384. The van der Waals surface area contributed by atoms with Gasteiger partial charge < -0.3 is 10.1 Å². The fraction of sp³-hybridized carbons (Fsp3) is 0.429. The molecule has 1 aromatic rings. The van der Waals surface area contributed by atoms with Crippen LogP contribution in [0.5, 0.6) is 0 Å². The van der Waals surface area contributed by atoms with Gasteiger partial charge in [-0.2, -0.15) is 0 Å². The topological polar surface area (TPSA) is 64.4 Å². The van der Waals surface area contributed by atoms with E-state index in [9.17, 15) is 10.1 Å². The van der Waals surface area contributed by atoms with E-state index in [0.29, 0.717) is 6.61 Å². The molecule has 1 aromatic carbocycles. The van der Waals surface area contributed by atoms with Gasteiger partial charge in [0.1, 0.15) is 0 Å². The van der Waals surface area contributed by atoms with Crippen molar-refractivity contribution in [2.75, 3.05) is 26.8 Å². The first kappa shape index (κ1) is 15.3. The molecule has 0 spiro atoms. The monoisotopic (exact) mass is 264 g/mol. The maximum Gasteiger partial charge on any atom is 0.269 e. The van der Waals surface area contributed by atoms with Crippen LogP contribution in [0.1, 0.15) is 18.9 Å². The van der Waals surface area contributed by atoms with Gasteiger partial charge in [-0.25, -0.2) is 0 Å². The summed E-state index contributed by atoms with van der Waals surface area (Å²) >= 11 is 0. The molecule has 0 atom stereocenters. The van der Waals surface area contributed by atoms with Crippen molar-refractivity contribution in [1.82, 2.24) is 5.32 Å². The van der Waals surface area contributed by atoms with Crippen LogP contribution in [-0.4, -0.2) is 31.7 Å². The summed E-state index contributed by atoms with van der Waals surface area (Å²) in [4.78, 5) is 10.2. The van der Waals surface area contributed by atoms with Gasteiger partial charge >= 0.3 is 0 Å². The average Bonchev–Trinajstić information content (AvgIpc) is 2.42. The Morgan fingerprint density at radius 3 is 2.63 bits per heavy atom. The van der Waals surface area contributed by atoms with E-state index in [0.717, 1.165) is 25.1 Å². The van der Waals surface area contributed by atoms with Crippen molar-refractivity contribution in [3.63, 3.8) is 0 Å². The quantitative estimate of drug-likeness (QED) is 0.445. The molecule has 5 heteroatoms. The second kappa shape index (κ2) is 8.39. The molecule has 0 aliphatic rings. The van der Waals surface area contributed by atoms with Gasteiger partial charge in [0, 0.05) is 32.3 Å². The lowest BCUT2D eigenvalue weighted by Gasteiger charge is -2.07. The molecule has 104 valence electrons. The minimum Gasteiger partial charge on any atom is -0.383 e. The van der Waals surface area contributed by atoms with Crippen LogP contribution in [0, 0.1) is 10.1 Å². The SMILES string of the molecule is CCC(=Cc1ccc([N+](=O)[O-])cc1)CNCCOC. The Morgan fingerprint density at radius 1 is 1.42 bits per heavy atom. The molecule has 0 aliphatic carbocycles. The average molecular weight is 264 g/mol. The molecule has 5 nitrogen and oxygen atoms in total. The first-order valence-corrected chi connectivity index (χ1v) is 6.31. The van der Waals surface area contributed by atoms with Gasteiger partial charge in [-0.05, 0) is 24.1 Å². The lowest BCUT2D eigenvalue weighted by atomic mass is 10.1. The van der Waals surface area contributed by atoms with Crippen molar-refractivity contribution >= 4 is 11.8 Å². The van der Waals surface area contributed by atoms with Crippen LogP contribution in [0.15, 0.2) is 29.8 Å². The summed E-state index contributed by atoms with van der Waals surface area (Å²) in [5.41, 5.74) is 2.36. The van der Waals surface area contributed by atoms with Crippen molar-refractivity contribution in [2.45, 2.75) is 13.3 Å². The van der Waals surface area contributed by atoms with Crippen molar-refractivity contribution in [3.05, 3.63) is 45.5 Å². The van der Waals surface area contributed by atoms with Gasteiger partial charge in [-0.15, -0.1) is 0 Å². The Kier molecular flexibility index (Phi) is 6.78. The standard InChI is InChI=1S/C14H20N2O3/c1-3-12(11-15-8-9-19-2)10-13-4-6-14(7-5-13)16(17)18/h4-7,10,15H,3,8-9,11H2,1-2H3. The van der Waals surface area contributed by atoms with Gasteiger partial charge in [0.15, 0.2) is 0 Å². The Labute approximate surface area is 113 Å². The zero-order chi connectivity index (χ0) is 14.1. The number of ether oxygens (including phenoxy) is 1. The van der Waals surface area contributed by atoms with E-state index in [4.69, 9.17) is 4.74 Å². The van der Waals surface area contributed by atoms with Crippen LogP contribution in [0.25, 0.3) is 6.08 Å². The summed E-state index contributed by atoms with van der Waals surface area (Å²) in [6.07, 6.45) is 3.00. The second-order valence-electron chi connectivity index (χ2n) is 4.17. The van der Waals surface area contributed by atoms with Crippen molar-refractivity contribution < 1.29 is 9.66 Å². The number of nitro groups is 1. The highest BCUT2D eigenvalue weighted by molar-refractivity contribution is 5.55. The van der Waals surface area contributed by atoms with Gasteiger partial charge in [0.2, 0.25) is 0 Å². The third kappa shape index (κ3) is 5.63. The number of nitrogens with one attached hydrogen (secondary N) is 1. The van der Waals surface area contributed by atoms with E-state index in [1.54, 1.807) is 19.2 Å². The van der Waals surface area contributed by atoms with E-state index in [1.165, 1.54) is 17.7 Å². The number of non-ortho nitro benzene ring substituents is 1. The summed E-state index contributed by atoms with van der Waals surface area (Å²) in [7, 11) is 1.68. The van der Waals surface area contributed by atoms with Crippen LogP contribution < -0.4 is 5.32 Å². The minimum atomic E-state index is -0.388. The molecule has 0 saturated heterocycles. The van der Waals surface area contributed by atoms with Crippen LogP contribution in [0.2, 0.25) is 0 Å². The number of benzene rings is 1. The minimum absolute atomic E-state index is 0.119. The molecule has 0 aliphatic heterocycles. The number of nitro benzene ring substituents is 1. The van der Waals surface area contributed by atoms with Gasteiger partial charge in [-0.1, -0.05) is 18.6 Å². The van der Waals surface area contributed by atoms with Gasteiger partial charge in [-0.3, -0.25) is 10.1 Å². The molecule has 0 bridgehead atoms. The summed E-state index contributed by atoms with van der Waals surface area (Å²) < 4.78 is 4.97. The summed E-state index contributed by atoms with van der Waals surface area (Å²) in [5.74, 6) is 0. The molecule has 1 N–H and O–H groups in total. The van der Waals surface area contributed by atoms with Crippen LogP contribution >= 0.6 is 0 Å². The molecule has 19 heavy (non-hydrogen) atoms. The highest BCUT2D eigenvalue weighted by atomic mass is 16.6. The molecule has 0 radical (unpaired) electrons. The Hall–Kier alpha value is -1.72. The second-order valence-corrected chi connectivity index (χ2v) is 4.17. The molecule has 1 rings (SSSR count). The van der Waals surface area contributed by atoms with E-state index in [1.807, 2.05) is 0 Å². The maximum atomic E-state index is 10.6. The number of hydrogen-bond donors (Lipinski definition) is 1. The first-order valence-electron chi connectivity index (χ1n) is 6.31. The van der Waals surface area contributed by atoms with E-state index in [-0.39, 0.29) is 10.6 Å². The summed E-state index contributed by atoms with van der Waals surface area (Å²) in [6.45, 7) is 4.40. The Bertz CT molecular complexity index is 427. The highest BCUT2D eigenvalue weighted by Crippen LogP contribution is 2.15. The van der Waals surface area contributed by atoms with E-state index in [2.05, 4.69) is 18.3 Å². The molecular weight excluding hydrogens is 244 g/mol. The molecule has 0 fully saturated rings. The predicted molar refractivity (Wildman–Crippen MR) is 76.1 cm³/mol. The molecule has 0 heterocycles. The van der Waals surface area contributed by atoms with Crippen LogP contribution in [0.3, 0.4) is 0 Å². The fourth-order valence-corrected chi connectivity index (χ4v) is 1.63. The van der Waals surface area contributed by atoms with Crippen molar-refractivity contribution in [3.8, 4) is 0 Å². The fourth-order valence-electron chi connectivity index (χ4n) is 1.63. The van der Waals surface area contributed by atoms with Crippen LogP contribution in [0.4, 0.5) is 5.69 Å². The largest absolute Gasteiger partial charge is 0.383 e. The highest BCUT2D eigenvalue weighted by Gasteiger charge is 2.03. The van der Waals surface area contributed by atoms with Gasteiger partial charge in [0.25, 0.3) is 5.69 Å². The maximum absolute atomic E-state index is 10.6. The predicted octanol–water partition coefficient (Wildman–Crippen LogP) is 2.62. The first-order chi connectivity index (χ1) is 9.17. The number of hydrogen-bond acceptors (Lipinski definition) is 4. The zero-order valence-corrected chi connectivity index (χ0v) is 11.4. The smallest absolute Gasteiger partial charge is 0.269 e.